The molecule has 0 saturated heterocycles. The molecule has 1 amide bonds. The summed E-state index contributed by atoms with van der Waals surface area (Å²) in [4.78, 5) is 16.1. The fourth-order valence-corrected chi connectivity index (χ4v) is 2.41. The minimum Gasteiger partial charge on any atom is -0.355 e. The maximum absolute atomic E-state index is 12.0. The van der Waals surface area contributed by atoms with Crippen LogP contribution in [-0.4, -0.2) is 22.6 Å². The van der Waals surface area contributed by atoms with Crippen LogP contribution in [0.4, 0.5) is 0 Å². The molecule has 1 aromatic heterocycles. The van der Waals surface area contributed by atoms with Crippen LogP contribution in [0, 0.1) is 12.8 Å². The smallest absolute Gasteiger partial charge is 0.227 e. The third-order valence-electron chi connectivity index (χ3n) is 3.69. The van der Waals surface area contributed by atoms with Gasteiger partial charge in [-0.05, 0) is 18.4 Å². The number of aryl methyl sites for hydroxylation is 2. The average molecular weight is 301 g/mol. The van der Waals surface area contributed by atoms with Crippen LogP contribution in [0.2, 0.25) is 0 Å². The number of carbonyl (C=O) groups excluding carboxylic acids is 1. The molecular weight excluding hydrogens is 278 g/mol. The van der Waals surface area contributed by atoms with E-state index in [-0.39, 0.29) is 5.91 Å². The molecule has 118 valence electrons. The van der Waals surface area contributed by atoms with Gasteiger partial charge in [-0.3, -0.25) is 4.79 Å². The van der Waals surface area contributed by atoms with Crippen molar-refractivity contribution in [3.63, 3.8) is 0 Å². The first-order valence-corrected chi connectivity index (χ1v) is 7.67. The standard InChI is InChI=1S/C17H23N3O2/c1-12(2)15(14-7-5-4-6-8-14)11-18-16(21)9-10-17-19-13(3)20-22-17/h4-8,12,15H,9-11H2,1-3H3,(H,18,21). The van der Waals surface area contributed by atoms with E-state index in [0.29, 0.717) is 42.9 Å². The molecule has 1 heterocycles. The summed E-state index contributed by atoms with van der Waals surface area (Å²) in [5.74, 6) is 1.89. The highest BCUT2D eigenvalue weighted by Crippen LogP contribution is 2.23. The van der Waals surface area contributed by atoms with Gasteiger partial charge in [-0.2, -0.15) is 4.98 Å². The summed E-state index contributed by atoms with van der Waals surface area (Å²) >= 11 is 0. The van der Waals surface area contributed by atoms with Crippen molar-refractivity contribution in [2.24, 2.45) is 5.92 Å². The normalized spacial score (nSPS) is 12.4. The van der Waals surface area contributed by atoms with E-state index in [2.05, 4.69) is 41.4 Å². The molecule has 1 aromatic carbocycles. The molecule has 0 spiro atoms. The molecule has 0 bridgehead atoms. The number of hydrogen-bond acceptors (Lipinski definition) is 4. The second kappa shape index (κ2) is 7.73. The lowest BCUT2D eigenvalue weighted by atomic mass is 9.88. The molecule has 1 unspecified atom stereocenters. The van der Waals surface area contributed by atoms with Crippen molar-refractivity contribution < 1.29 is 9.32 Å². The van der Waals surface area contributed by atoms with Gasteiger partial charge >= 0.3 is 0 Å². The van der Waals surface area contributed by atoms with Crippen LogP contribution in [0.25, 0.3) is 0 Å². The largest absolute Gasteiger partial charge is 0.355 e. The summed E-state index contributed by atoms with van der Waals surface area (Å²) in [5, 5.41) is 6.72. The summed E-state index contributed by atoms with van der Waals surface area (Å²) in [6.45, 7) is 6.75. The Kier molecular flexibility index (Phi) is 5.69. The predicted molar refractivity (Wildman–Crippen MR) is 84.4 cm³/mol. The molecular formula is C17H23N3O2. The second-order valence-corrected chi connectivity index (χ2v) is 5.80. The number of nitrogens with one attached hydrogen (secondary N) is 1. The Morgan fingerprint density at radius 3 is 2.59 bits per heavy atom. The second-order valence-electron chi connectivity index (χ2n) is 5.80. The lowest BCUT2D eigenvalue weighted by Crippen LogP contribution is -2.30. The van der Waals surface area contributed by atoms with E-state index >= 15 is 0 Å². The maximum atomic E-state index is 12.0. The fraction of sp³-hybridized carbons (Fsp3) is 0.471. The van der Waals surface area contributed by atoms with Crippen molar-refractivity contribution in [1.29, 1.82) is 0 Å². The van der Waals surface area contributed by atoms with E-state index in [0.717, 1.165) is 0 Å². The zero-order chi connectivity index (χ0) is 15.9. The average Bonchev–Trinajstić information content (AvgIpc) is 2.92. The molecule has 0 aliphatic carbocycles. The summed E-state index contributed by atoms with van der Waals surface area (Å²) in [6.07, 6.45) is 0.839. The van der Waals surface area contributed by atoms with Gasteiger partial charge in [0, 0.05) is 25.3 Å². The Labute approximate surface area is 131 Å². The van der Waals surface area contributed by atoms with E-state index in [9.17, 15) is 4.79 Å². The lowest BCUT2D eigenvalue weighted by molar-refractivity contribution is -0.121. The van der Waals surface area contributed by atoms with Gasteiger partial charge in [0.05, 0.1) is 0 Å². The number of rotatable bonds is 7. The minimum absolute atomic E-state index is 0.0115. The van der Waals surface area contributed by atoms with Crippen molar-refractivity contribution in [2.75, 3.05) is 6.54 Å². The Morgan fingerprint density at radius 2 is 2.00 bits per heavy atom. The van der Waals surface area contributed by atoms with Crippen molar-refractivity contribution in [1.82, 2.24) is 15.5 Å². The van der Waals surface area contributed by atoms with Crippen LogP contribution in [0.3, 0.4) is 0 Å². The fourth-order valence-electron chi connectivity index (χ4n) is 2.41. The van der Waals surface area contributed by atoms with Gasteiger partial charge in [0.1, 0.15) is 0 Å². The van der Waals surface area contributed by atoms with Gasteiger partial charge < -0.3 is 9.84 Å². The van der Waals surface area contributed by atoms with E-state index in [1.54, 1.807) is 6.92 Å². The van der Waals surface area contributed by atoms with Gasteiger partial charge in [0.25, 0.3) is 0 Å². The van der Waals surface area contributed by atoms with E-state index in [1.165, 1.54) is 5.56 Å². The third kappa shape index (κ3) is 4.69. The summed E-state index contributed by atoms with van der Waals surface area (Å²) < 4.78 is 5.01. The predicted octanol–water partition coefficient (Wildman–Crippen LogP) is 2.87. The van der Waals surface area contributed by atoms with Gasteiger partial charge in [0.2, 0.25) is 11.8 Å². The highest BCUT2D eigenvalue weighted by atomic mass is 16.5. The molecule has 0 fully saturated rings. The van der Waals surface area contributed by atoms with Crippen LogP contribution >= 0.6 is 0 Å². The van der Waals surface area contributed by atoms with Crippen LogP contribution < -0.4 is 5.32 Å². The molecule has 1 atom stereocenters. The minimum atomic E-state index is 0.0115. The van der Waals surface area contributed by atoms with E-state index in [1.807, 2.05) is 18.2 Å². The molecule has 22 heavy (non-hydrogen) atoms. The summed E-state index contributed by atoms with van der Waals surface area (Å²) in [6, 6.07) is 10.3. The molecule has 5 nitrogen and oxygen atoms in total. The van der Waals surface area contributed by atoms with Crippen LogP contribution in [-0.2, 0) is 11.2 Å². The van der Waals surface area contributed by atoms with Crippen molar-refractivity contribution in [2.45, 2.75) is 39.5 Å². The number of carbonyl (C=O) groups is 1. The maximum Gasteiger partial charge on any atom is 0.227 e. The third-order valence-corrected chi connectivity index (χ3v) is 3.69. The quantitative estimate of drug-likeness (QED) is 0.854. The molecule has 2 rings (SSSR count). The molecule has 2 aromatic rings. The topological polar surface area (TPSA) is 68.0 Å². The number of benzene rings is 1. The lowest BCUT2D eigenvalue weighted by Gasteiger charge is -2.21. The molecule has 5 heteroatoms. The van der Waals surface area contributed by atoms with Crippen molar-refractivity contribution in [3.05, 3.63) is 47.6 Å². The number of nitrogens with zero attached hydrogens (tertiary/aromatic N) is 2. The molecule has 1 N–H and O–H groups in total. The van der Waals surface area contributed by atoms with Gasteiger partial charge in [0.15, 0.2) is 5.82 Å². The SMILES string of the molecule is Cc1noc(CCC(=O)NCC(c2ccccc2)C(C)C)n1. The summed E-state index contributed by atoms with van der Waals surface area (Å²) in [7, 11) is 0. The Morgan fingerprint density at radius 1 is 1.27 bits per heavy atom. The van der Waals surface area contributed by atoms with Crippen LogP contribution in [0.1, 0.15) is 43.5 Å². The Bertz CT molecular complexity index is 593. The van der Waals surface area contributed by atoms with E-state index < -0.39 is 0 Å². The summed E-state index contributed by atoms with van der Waals surface area (Å²) in [5.41, 5.74) is 1.25. The Hall–Kier alpha value is -2.17. The number of amides is 1. The first-order valence-electron chi connectivity index (χ1n) is 7.67. The van der Waals surface area contributed by atoms with Gasteiger partial charge in [-0.25, -0.2) is 0 Å². The monoisotopic (exact) mass is 301 g/mol. The van der Waals surface area contributed by atoms with Crippen LogP contribution in [0.5, 0.6) is 0 Å². The first-order chi connectivity index (χ1) is 10.6. The zero-order valence-electron chi connectivity index (χ0n) is 13.4. The van der Waals surface area contributed by atoms with Crippen LogP contribution in [0.15, 0.2) is 34.9 Å². The Balaban J connectivity index is 1.83. The van der Waals surface area contributed by atoms with E-state index in [4.69, 9.17) is 4.52 Å². The van der Waals surface area contributed by atoms with Crippen molar-refractivity contribution in [3.8, 4) is 0 Å². The molecule has 0 radical (unpaired) electrons. The highest BCUT2D eigenvalue weighted by Gasteiger charge is 2.16. The van der Waals surface area contributed by atoms with Gasteiger partial charge in [-0.1, -0.05) is 49.3 Å². The molecule has 0 saturated carbocycles. The first kappa shape index (κ1) is 16.2. The molecule has 0 aliphatic heterocycles. The zero-order valence-corrected chi connectivity index (χ0v) is 13.4. The molecule has 0 aliphatic rings. The highest BCUT2D eigenvalue weighted by molar-refractivity contribution is 5.76. The number of aromatic nitrogens is 2. The van der Waals surface area contributed by atoms with Gasteiger partial charge in [-0.15, -0.1) is 0 Å². The number of hydrogen-bond donors (Lipinski definition) is 1. The van der Waals surface area contributed by atoms with Crippen molar-refractivity contribution >= 4 is 5.91 Å².